The van der Waals surface area contributed by atoms with E-state index in [9.17, 15) is 4.79 Å². The van der Waals surface area contributed by atoms with Crippen LogP contribution in [-0.4, -0.2) is 30.5 Å². The van der Waals surface area contributed by atoms with Gasteiger partial charge in [0.15, 0.2) is 0 Å². The first-order valence-corrected chi connectivity index (χ1v) is 10.3. The Balaban J connectivity index is 1.70. The monoisotopic (exact) mass is 428 g/mol. The fourth-order valence-corrected chi connectivity index (χ4v) is 3.76. The molecule has 7 nitrogen and oxygen atoms in total. The zero-order valence-electron chi connectivity index (χ0n) is 17.5. The number of anilines is 1. The molecule has 4 aromatic rings. The summed E-state index contributed by atoms with van der Waals surface area (Å²) in [4.78, 5) is 16.0. The lowest BCUT2D eigenvalue weighted by atomic mass is 9.92. The van der Waals surface area contributed by atoms with Crippen LogP contribution < -0.4 is 5.32 Å². The zero-order chi connectivity index (χ0) is 22.2. The molecule has 3 heterocycles. The summed E-state index contributed by atoms with van der Waals surface area (Å²) in [5.41, 5.74) is 4.48. The maximum atomic E-state index is 15.1. The van der Waals surface area contributed by atoms with Gasteiger partial charge >= 0.3 is 0 Å². The fourth-order valence-electron chi connectivity index (χ4n) is 3.76. The Morgan fingerprint density at radius 3 is 2.75 bits per heavy atom. The second-order valence-corrected chi connectivity index (χ2v) is 7.81. The van der Waals surface area contributed by atoms with Crippen molar-refractivity contribution in [1.29, 1.82) is 0 Å². The molecule has 0 saturated heterocycles. The first-order chi connectivity index (χ1) is 15.5. The number of carbonyl (C=O) groups is 1. The highest BCUT2D eigenvalue weighted by atomic mass is 19.1. The van der Waals surface area contributed by atoms with E-state index >= 15 is 4.39 Å². The summed E-state index contributed by atoms with van der Waals surface area (Å²) >= 11 is 0. The minimum atomic E-state index is -0.439. The third kappa shape index (κ3) is 3.71. The molecule has 32 heavy (non-hydrogen) atoms. The fraction of sp³-hybridized carbons (Fsp3) is 0.167. The highest BCUT2D eigenvalue weighted by Gasteiger charge is 2.26. The summed E-state index contributed by atoms with van der Waals surface area (Å²) in [6.45, 7) is 3.50. The Morgan fingerprint density at radius 2 is 2.03 bits per heavy atom. The number of carbonyl (C=O) groups excluding carboxylic acids is 1. The average Bonchev–Trinajstić information content (AvgIpc) is 3.37. The quantitative estimate of drug-likeness (QED) is 0.455. The number of amides is 1. The van der Waals surface area contributed by atoms with Gasteiger partial charge in [0.25, 0.3) is 0 Å². The summed E-state index contributed by atoms with van der Waals surface area (Å²) in [7, 11) is 1.84. The Labute approximate surface area is 184 Å². The van der Waals surface area contributed by atoms with E-state index in [4.69, 9.17) is 0 Å². The molecule has 5 rings (SSSR count). The number of benzene rings is 1. The molecule has 0 spiro atoms. The third-order valence-corrected chi connectivity index (χ3v) is 5.46. The maximum absolute atomic E-state index is 15.1. The van der Waals surface area contributed by atoms with Gasteiger partial charge in [-0.1, -0.05) is 12.6 Å². The van der Waals surface area contributed by atoms with Gasteiger partial charge in [0.1, 0.15) is 5.82 Å². The summed E-state index contributed by atoms with van der Waals surface area (Å²) in [5, 5.41) is 11.7. The minimum Gasteiger partial charge on any atom is -0.323 e. The van der Waals surface area contributed by atoms with Crippen molar-refractivity contribution in [3.63, 3.8) is 0 Å². The standard InChI is InChI=1S/C24H21FN6O/c1-3-23(32)28-16-4-7-18(22-8-9-30(2)29-22)19(10-16)20-12-26-13-21(25)24(20)15-11-27-31(14-15)17-5-6-17/h3-4,7-14,17H,1,5-6H2,2H3,(H,28,32). The molecular weight excluding hydrogens is 407 g/mol. The number of halogens is 1. The molecule has 1 amide bonds. The van der Waals surface area contributed by atoms with Crippen LogP contribution in [0.4, 0.5) is 10.1 Å². The molecule has 160 valence electrons. The highest BCUT2D eigenvalue weighted by molar-refractivity contribution is 6.00. The average molecular weight is 428 g/mol. The van der Waals surface area contributed by atoms with Crippen LogP contribution in [0.25, 0.3) is 33.5 Å². The van der Waals surface area contributed by atoms with Crippen molar-refractivity contribution in [3.05, 3.63) is 73.7 Å². The van der Waals surface area contributed by atoms with Gasteiger partial charge in [-0.05, 0) is 42.7 Å². The van der Waals surface area contributed by atoms with Gasteiger partial charge in [0, 0.05) is 53.6 Å². The third-order valence-electron chi connectivity index (χ3n) is 5.46. The van der Waals surface area contributed by atoms with Crippen molar-refractivity contribution < 1.29 is 9.18 Å². The van der Waals surface area contributed by atoms with Crippen LogP contribution in [0.2, 0.25) is 0 Å². The predicted molar refractivity (Wildman–Crippen MR) is 120 cm³/mol. The van der Waals surface area contributed by atoms with E-state index in [1.54, 1.807) is 29.2 Å². The van der Waals surface area contributed by atoms with Crippen LogP contribution in [0.5, 0.6) is 0 Å². The normalized spacial score (nSPS) is 13.2. The summed E-state index contributed by atoms with van der Waals surface area (Å²) in [6, 6.07) is 7.72. The summed E-state index contributed by atoms with van der Waals surface area (Å²) < 4.78 is 18.7. The van der Waals surface area contributed by atoms with Gasteiger partial charge < -0.3 is 5.32 Å². The van der Waals surface area contributed by atoms with E-state index in [-0.39, 0.29) is 5.91 Å². The van der Waals surface area contributed by atoms with Gasteiger partial charge in [-0.2, -0.15) is 10.2 Å². The molecule has 0 atom stereocenters. The largest absolute Gasteiger partial charge is 0.323 e. The molecule has 1 aliphatic carbocycles. The lowest BCUT2D eigenvalue weighted by Gasteiger charge is -2.15. The summed E-state index contributed by atoms with van der Waals surface area (Å²) in [6.07, 6.45) is 11.6. The first-order valence-electron chi connectivity index (χ1n) is 10.3. The van der Waals surface area contributed by atoms with Crippen LogP contribution in [-0.2, 0) is 11.8 Å². The second-order valence-electron chi connectivity index (χ2n) is 7.81. The number of hydrogen-bond acceptors (Lipinski definition) is 4. The minimum absolute atomic E-state index is 0.329. The van der Waals surface area contributed by atoms with Crippen molar-refractivity contribution in [3.8, 4) is 33.5 Å². The number of nitrogens with zero attached hydrogens (tertiary/aromatic N) is 5. The van der Waals surface area contributed by atoms with Crippen molar-refractivity contribution >= 4 is 11.6 Å². The predicted octanol–water partition coefficient (Wildman–Crippen LogP) is 4.61. The number of nitrogens with one attached hydrogen (secondary N) is 1. The highest BCUT2D eigenvalue weighted by Crippen LogP contribution is 2.41. The molecule has 1 aliphatic rings. The van der Waals surface area contributed by atoms with Gasteiger partial charge in [0.05, 0.1) is 24.1 Å². The number of pyridine rings is 1. The molecule has 0 bridgehead atoms. The van der Waals surface area contributed by atoms with Crippen LogP contribution >= 0.6 is 0 Å². The molecule has 3 aromatic heterocycles. The SMILES string of the molecule is C=CC(=O)Nc1ccc(-c2ccn(C)n2)c(-c2cncc(F)c2-c2cnn(C3CC3)c2)c1. The number of hydrogen-bond donors (Lipinski definition) is 1. The zero-order valence-corrected chi connectivity index (χ0v) is 17.5. The Morgan fingerprint density at radius 1 is 1.19 bits per heavy atom. The Hall–Kier alpha value is -4.07. The van der Waals surface area contributed by atoms with Gasteiger partial charge in [-0.15, -0.1) is 0 Å². The number of rotatable bonds is 6. The van der Waals surface area contributed by atoms with Crippen molar-refractivity contribution in [1.82, 2.24) is 24.5 Å². The van der Waals surface area contributed by atoms with Crippen molar-refractivity contribution in [2.75, 3.05) is 5.32 Å². The molecule has 0 radical (unpaired) electrons. The molecule has 1 aromatic carbocycles. The molecule has 1 fully saturated rings. The van der Waals surface area contributed by atoms with E-state index in [0.717, 1.165) is 24.1 Å². The molecule has 0 aliphatic heterocycles. The van der Waals surface area contributed by atoms with Crippen molar-refractivity contribution in [2.24, 2.45) is 7.05 Å². The van der Waals surface area contributed by atoms with E-state index in [1.807, 2.05) is 36.3 Å². The Kier molecular flexibility index (Phi) is 4.89. The molecule has 0 unspecified atom stereocenters. The smallest absolute Gasteiger partial charge is 0.247 e. The van der Waals surface area contributed by atoms with E-state index < -0.39 is 5.82 Å². The molecule has 1 saturated carbocycles. The van der Waals surface area contributed by atoms with Crippen LogP contribution in [0.1, 0.15) is 18.9 Å². The number of aromatic nitrogens is 5. The van der Waals surface area contributed by atoms with E-state index in [0.29, 0.717) is 34.0 Å². The lowest BCUT2D eigenvalue weighted by Crippen LogP contribution is -2.07. The molecule has 8 heteroatoms. The molecule has 1 N–H and O–H groups in total. The topological polar surface area (TPSA) is 77.6 Å². The van der Waals surface area contributed by atoms with Crippen LogP contribution in [0.3, 0.4) is 0 Å². The Bertz CT molecular complexity index is 1330. The maximum Gasteiger partial charge on any atom is 0.247 e. The lowest BCUT2D eigenvalue weighted by molar-refractivity contribution is -0.111. The molecular formula is C24H21FN6O. The van der Waals surface area contributed by atoms with Gasteiger partial charge in [-0.25, -0.2) is 4.39 Å². The second kappa shape index (κ2) is 7.88. The number of aryl methyl sites for hydroxylation is 1. The van der Waals surface area contributed by atoms with Gasteiger partial charge in [-0.3, -0.25) is 19.1 Å². The van der Waals surface area contributed by atoms with Gasteiger partial charge in [0.2, 0.25) is 5.91 Å². The van der Waals surface area contributed by atoms with Crippen molar-refractivity contribution in [2.45, 2.75) is 18.9 Å². The van der Waals surface area contributed by atoms with Crippen LogP contribution in [0.15, 0.2) is 67.9 Å². The van der Waals surface area contributed by atoms with E-state index in [2.05, 4.69) is 27.1 Å². The van der Waals surface area contributed by atoms with Crippen LogP contribution in [0, 0.1) is 5.82 Å². The first kappa shape index (κ1) is 19.9. The summed E-state index contributed by atoms with van der Waals surface area (Å²) in [5.74, 6) is -0.768. The van der Waals surface area contributed by atoms with E-state index in [1.165, 1.54) is 12.3 Å².